The molecule has 3 rings (SSSR count). The Labute approximate surface area is 134 Å². The normalized spacial score (nSPS) is 16.3. The predicted molar refractivity (Wildman–Crippen MR) is 88.3 cm³/mol. The first-order valence-electron chi connectivity index (χ1n) is 7.47. The first-order valence-corrected chi connectivity index (χ1v) is 8.35. The number of hydrogen-bond donors (Lipinski definition) is 1. The van der Waals surface area contributed by atoms with Crippen molar-refractivity contribution in [3.05, 3.63) is 57.8 Å². The molecule has 0 bridgehead atoms. The fourth-order valence-electron chi connectivity index (χ4n) is 2.51. The summed E-state index contributed by atoms with van der Waals surface area (Å²) in [4.78, 5) is 15.5. The van der Waals surface area contributed by atoms with Crippen LogP contribution in [0.2, 0.25) is 0 Å². The zero-order valence-electron chi connectivity index (χ0n) is 12.6. The lowest BCUT2D eigenvalue weighted by atomic mass is 10.0. The molecule has 0 unspecified atom stereocenters. The molecule has 1 atom stereocenters. The number of nitrogens with zero attached hydrogens (tertiary/aromatic N) is 1. The van der Waals surface area contributed by atoms with E-state index in [2.05, 4.69) is 42.6 Å². The minimum Gasteiger partial charge on any atom is -0.378 e. The van der Waals surface area contributed by atoms with E-state index < -0.39 is 0 Å². The summed E-state index contributed by atoms with van der Waals surface area (Å²) in [5, 5.41) is 5.21. The molecule has 116 valence electrons. The van der Waals surface area contributed by atoms with Gasteiger partial charge in [-0.1, -0.05) is 35.9 Å². The average Bonchev–Trinajstić information content (AvgIpc) is 3.08. The van der Waals surface area contributed by atoms with Gasteiger partial charge in [-0.25, -0.2) is 4.79 Å². The van der Waals surface area contributed by atoms with Gasteiger partial charge in [0.1, 0.15) is 0 Å². The number of thiophene rings is 1. The Kier molecular flexibility index (Phi) is 4.75. The van der Waals surface area contributed by atoms with Gasteiger partial charge in [-0.05, 0) is 23.9 Å². The maximum absolute atomic E-state index is 12.5. The van der Waals surface area contributed by atoms with Crippen LogP contribution in [0.4, 0.5) is 4.79 Å². The Balaban J connectivity index is 1.79. The van der Waals surface area contributed by atoms with E-state index in [0.29, 0.717) is 26.3 Å². The van der Waals surface area contributed by atoms with E-state index in [1.54, 1.807) is 11.3 Å². The number of amides is 2. The van der Waals surface area contributed by atoms with Crippen molar-refractivity contribution in [3.63, 3.8) is 0 Å². The summed E-state index contributed by atoms with van der Waals surface area (Å²) < 4.78 is 5.31. The molecule has 2 amide bonds. The Bertz CT molecular complexity index is 604. The van der Waals surface area contributed by atoms with Gasteiger partial charge >= 0.3 is 6.03 Å². The fraction of sp³-hybridized carbons (Fsp3) is 0.353. The number of carbonyl (C=O) groups excluding carboxylic acids is 1. The lowest BCUT2D eigenvalue weighted by Crippen LogP contribution is -2.47. The molecule has 1 fully saturated rings. The number of nitrogens with one attached hydrogen (secondary N) is 1. The van der Waals surface area contributed by atoms with Gasteiger partial charge in [-0.15, -0.1) is 11.3 Å². The van der Waals surface area contributed by atoms with E-state index in [0.717, 1.165) is 10.4 Å². The Morgan fingerprint density at radius 3 is 2.59 bits per heavy atom. The molecule has 2 heterocycles. The van der Waals surface area contributed by atoms with Gasteiger partial charge in [0.15, 0.2) is 0 Å². The Morgan fingerprint density at radius 1 is 1.23 bits per heavy atom. The van der Waals surface area contributed by atoms with Crippen LogP contribution >= 0.6 is 11.3 Å². The standard InChI is InChI=1S/C17H20N2O2S/c1-13-4-6-14(7-5-13)16(15-3-2-12-22-15)18-17(20)19-8-10-21-11-9-19/h2-7,12,16H,8-11H2,1H3,(H,18,20)/t16-/m0/s1. The van der Waals surface area contributed by atoms with E-state index in [-0.39, 0.29) is 12.1 Å². The van der Waals surface area contributed by atoms with Gasteiger partial charge in [-0.3, -0.25) is 0 Å². The van der Waals surface area contributed by atoms with Gasteiger partial charge in [0.05, 0.1) is 19.3 Å². The summed E-state index contributed by atoms with van der Waals surface area (Å²) in [6, 6.07) is 12.3. The van der Waals surface area contributed by atoms with E-state index in [4.69, 9.17) is 4.74 Å². The summed E-state index contributed by atoms with van der Waals surface area (Å²) in [6.45, 7) is 4.59. The first kappa shape index (κ1) is 15.1. The van der Waals surface area contributed by atoms with Crippen LogP contribution in [0.25, 0.3) is 0 Å². The molecule has 0 radical (unpaired) electrons. The van der Waals surface area contributed by atoms with E-state index in [1.807, 2.05) is 16.3 Å². The van der Waals surface area contributed by atoms with Crippen molar-refractivity contribution in [2.45, 2.75) is 13.0 Å². The number of urea groups is 1. The van der Waals surface area contributed by atoms with Crippen molar-refractivity contribution in [2.24, 2.45) is 0 Å². The predicted octanol–water partition coefficient (Wildman–Crippen LogP) is 3.19. The average molecular weight is 316 g/mol. The third-order valence-electron chi connectivity index (χ3n) is 3.80. The first-order chi connectivity index (χ1) is 10.7. The molecule has 0 spiro atoms. The van der Waals surface area contributed by atoms with Crippen molar-refractivity contribution in [1.82, 2.24) is 10.2 Å². The minimum absolute atomic E-state index is 0.0257. The van der Waals surface area contributed by atoms with Crippen LogP contribution in [0.5, 0.6) is 0 Å². The van der Waals surface area contributed by atoms with Crippen molar-refractivity contribution in [1.29, 1.82) is 0 Å². The Hall–Kier alpha value is -1.85. The molecule has 2 aromatic rings. The number of carbonyl (C=O) groups is 1. The van der Waals surface area contributed by atoms with Crippen molar-refractivity contribution in [3.8, 4) is 0 Å². The molecule has 1 aliphatic heterocycles. The van der Waals surface area contributed by atoms with Gasteiger partial charge in [0.2, 0.25) is 0 Å². The fourth-order valence-corrected chi connectivity index (χ4v) is 3.32. The summed E-state index contributed by atoms with van der Waals surface area (Å²) in [7, 11) is 0. The highest BCUT2D eigenvalue weighted by Gasteiger charge is 2.22. The van der Waals surface area contributed by atoms with Gasteiger partial charge in [-0.2, -0.15) is 0 Å². The molecule has 1 aliphatic rings. The third kappa shape index (κ3) is 3.48. The smallest absolute Gasteiger partial charge is 0.318 e. The number of benzene rings is 1. The van der Waals surface area contributed by atoms with E-state index in [1.165, 1.54) is 5.56 Å². The molecule has 1 aromatic heterocycles. The number of ether oxygens (including phenoxy) is 1. The number of hydrogen-bond acceptors (Lipinski definition) is 3. The van der Waals surface area contributed by atoms with Crippen LogP contribution < -0.4 is 5.32 Å². The Morgan fingerprint density at radius 2 is 1.95 bits per heavy atom. The second-order valence-electron chi connectivity index (χ2n) is 5.41. The molecule has 4 nitrogen and oxygen atoms in total. The molecule has 0 aliphatic carbocycles. The molecular weight excluding hydrogens is 296 g/mol. The quantitative estimate of drug-likeness (QED) is 0.945. The van der Waals surface area contributed by atoms with E-state index >= 15 is 0 Å². The third-order valence-corrected chi connectivity index (χ3v) is 4.74. The minimum atomic E-state index is -0.101. The maximum atomic E-state index is 12.5. The number of aryl methyl sites for hydroxylation is 1. The molecule has 1 aromatic carbocycles. The summed E-state index contributed by atoms with van der Waals surface area (Å²) in [5.74, 6) is 0. The van der Waals surface area contributed by atoms with Gasteiger partial charge in [0, 0.05) is 18.0 Å². The van der Waals surface area contributed by atoms with Crippen molar-refractivity contribution in [2.75, 3.05) is 26.3 Å². The summed E-state index contributed by atoms with van der Waals surface area (Å²) in [6.07, 6.45) is 0. The molecule has 1 N–H and O–H groups in total. The van der Waals surface area contributed by atoms with E-state index in [9.17, 15) is 4.79 Å². The number of rotatable bonds is 3. The number of morpholine rings is 1. The van der Waals surface area contributed by atoms with Crippen LogP contribution in [0.15, 0.2) is 41.8 Å². The van der Waals surface area contributed by atoms with Crippen LogP contribution in [0, 0.1) is 6.92 Å². The highest BCUT2D eigenvalue weighted by atomic mass is 32.1. The second kappa shape index (κ2) is 6.94. The van der Waals surface area contributed by atoms with Crippen LogP contribution in [0.1, 0.15) is 22.0 Å². The van der Waals surface area contributed by atoms with Crippen molar-refractivity contribution < 1.29 is 9.53 Å². The lowest BCUT2D eigenvalue weighted by Gasteiger charge is -2.29. The topological polar surface area (TPSA) is 41.6 Å². The van der Waals surface area contributed by atoms with Gasteiger partial charge in [0.25, 0.3) is 0 Å². The summed E-state index contributed by atoms with van der Waals surface area (Å²) in [5.41, 5.74) is 2.32. The SMILES string of the molecule is Cc1ccc([C@H](NC(=O)N2CCOCC2)c2cccs2)cc1. The highest BCUT2D eigenvalue weighted by molar-refractivity contribution is 7.10. The monoisotopic (exact) mass is 316 g/mol. The van der Waals surface area contributed by atoms with Gasteiger partial charge < -0.3 is 15.0 Å². The van der Waals surface area contributed by atoms with Crippen LogP contribution in [-0.2, 0) is 4.74 Å². The molecule has 5 heteroatoms. The zero-order chi connectivity index (χ0) is 15.4. The highest BCUT2D eigenvalue weighted by Crippen LogP contribution is 2.26. The largest absolute Gasteiger partial charge is 0.378 e. The second-order valence-corrected chi connectivity index (χ2v) is 6.39. The van der Waals surface area contributed by atoms with Crippen LogP contribution in [-0.4, -0.2) is 37.2 Å². The van der Waals surface area contributed by atoms with Crippen LogP contribution in [0.3, 0.4) is 0 Å². The summed E-state index contributed by atoms with van der Waals surface area (Å²) >= 11 is 1.66. The molecule has 0 saturated carbocycles. The molecule has 1 saturated heterocycles. The molecular formula is C17H20N2O2S. The lowest BCUT2D eigenvalue weighted by molar-refractivity contribution is 0.0528. The zero-order valence-corrected chi connectivity index (χ0v) is 13.4. The van der Waals surface area contributed by atoms with Crippen molar-refractivity contribution >= 4 is 17.4 Å². The maximum Gasteiger partial charge on any atom is 0.318 e. The molecule has 22 heavy (non-hydrogen) atoms.